The van der Waals surface area contributed by atoms with Crippen molar-refractivity contribution in [3.63, 3.8) is 0 Å². The Labute approximate surface area is 98.7 Å². The molecule has 16 heavy (non-hydrogen) atoms. The van der Waals surface area contributed by atoms with Crippen molar-refractivity contribution in [1.82, 2.24) is 5.32 Å². The monoisotopic (exact) mass is 249 g/mol. The Kier molecular flexibility index (Phi) is 8.23. The molecule has 0 aliphatic heterocycles. The summed E-state index contributed by atoms with van der Waals surface area (Å²) in [5.41, 5.74) is 0. The van der Waals surface area contributed by atoms with Gasteiger partial charge in [-0.3, -0.25) is 0 Å². The summed E-state index contributed by atoms with van der Waals surface area (Å²) in [5.74, 6) is 0. The predicted molar refractivity (Wildman–Crippen MR) is 64.7 cm³/mol. The molecule has 1 amide bonds. The maximum atomic E-state index is 10.8. The maximum absolute atomic E-state index is 10.8. The van der Waals surface area contributed by atoms with E-state index in [2.05, 4.69) is 16.6 Å². The molecule has 6 heteroatoms. The van der Waals surface area contributed by atoms with Gasteiger partial charge in [0.05, 0.1) is 7.11 Å². The third-order valence-corrected chi connectivity index (χ3v) is 5.22. The van der Waals surface area contributed by atoms with Crippen molar-refractivity contribution in [1.29, 1.82) is 0 Å². The van der Waals surface area contributed by atoms with Gasteiger partial charge < -0.3 is 18.9 Å². The van der Waals surface area contributed by atoms with Gasteiger partial charge in [0.1, 0.15) is 0 Å². The lowest BCUT2D eigenvalue weighted by Gasteiger charge is -2.25. The fraction of sp³-hybridized carbons (Fsp3) is 0.900. The maximum Gasteiger partial charge on any atom is 0.406 e. The Bertz CT molecular complexity index is 195. The third kappa shape index (κ3) is 6.81. The molecule has 0 aromatic rings. The zero-order valence-corrected chi connectivity index (χ0v) is 11.7. The highest BCUT2D eigenvalue weighted by molar-refractivity contribution is 6.66. The topological polar surface area (TPSA) is 56.8 Å². The zero-order valence-electron chi connectivity index (χ0n) is 10.7. The Morgan fingerprint density at radius 2 is 1.81 bits per heavy atom. The van der Waals surface area contributed by atoms with Crippen LogP contribution in [0.2, 0.25) is 12.6 Å². The molecule has 0 rings (SSSR count). The minimum atomic E-state index is -2.02. The second-order valence-corrected chi connectivity index (χ2v) is 6.87. The quantitative estimate of drug-likeness (QED) is 0.527. The number of hydrogen-bond donors (Lipinski definition) is 1. The van der Waals surface area contributed by atoms with Crippen molar-refractivity contribution >= 4 is 14.7 Å². The number of amides is 1. The van der Waals surface area contributed by atoms with Crippen molar-refractivity contribution < 1.29 is 18.4 Å². The summed E-state index contributed by atoms with van der Waals surface area (Å²) in [6.07, 6.45) is 0.453. The highest BCUT2D eigenvalue weighted by Crippen LogP contribution is 2.15. The van der Waals surface area contributed by atoms with Gasteiger partial charge in [0.25, 0.3) is 0 Å². The number of alkyl carbamates (subject to hydrolysis) is 1. The van der Waals surface area contributed by atoms with Crippen molar-refractivity contribution in [2.75, 3.05) is 26.9 Å². The molecule has 0 atom stereocenters. The molecule has 0 aliphatic carbocycles. The molecule has 0 radical (unpaired) electrons. The zero-order chi connectivity index (χ0) is 12.4. The van der Waals surface area contributed by atoms with E-state index >= 15 is 0 Å². The number of nitrogens with one attached hydrogen (secondary N) is 1. The van der Waals surface area contributed by atoms with Crippen molar-refractivity contribution in [3.8, 4) is 0 Å². The second kappa shape index (κ2) is 8.55. The Balaban J connectivity index is 3.79. The van der Waals surface area contributed by atoms with Gasteiger partial charge in [0.2, 0.25) is 0 Å². The molecule has 0 unspecified atom stereocenters. The van der Waals surface area contributed by atoms with E-state index in [4.69, 9.17) is 8.85 Å². The largest absolute Gasteiger partial charge is 0.453 e. The number of carbonyl (C=O) groups is 1. The highest BCUT2D eigenvalue weighted by Gasteiger charge is 2.29. The molecule has 0 aliphatic rings. The molecule has 0 saturated heterocycles. The van der Waals surface area contributed by atoms with Crippen molar-refractivity contribution in [2.45, 2.75) is 32.9 Å². The van der Waals surface area contributed by atoms with Crippen LogP contribution in [0.25, 0.3) is 0 Å². The molecule has 5 nitrogen and oxygen atoms in total. The predicted octanol–water partition coefficient (Wildman–Crippen LogP) is 1.88. The van der Waals surface area contributed by atoms with Crippen LogP contribution < -0.4 is 5.32 Å². The SMILES string of the molecule is CCO[Si](C)(CCCNC(=O)OC)OCC. The molecule has 0 bridgehead atoms. The number of carbonyl (C=O) groups excluding carboxylic acids is 1. The first-order valence-electron chi connectivity index (χ1n) is 5.67. The number of hydrogen-bond acceptors (Lipinski definition) is 4. The van der Waals surface area contributed by atoms with Gasteiger partial charge in [-0.1, -0.05) is 0 Å². The molecule has 1 N–H and O–H groups in total. The lowest BCUT2D eigenvalue weighted by atomic mass is 10.5. The number of rotatable bonds is 8. The molecule has 0 aromatic heterocycles. The van der Waals surface area contributed by atoms with Gasteiger partial charge >= 0.3 is 14.7 Å². The van der Waals surface area contributed by atoms with Crippen LogP contribution in [0.3, 0.4) is 0 Å². The van der Waals surface area contributed by atoms with Crippen LogP contribution in [-0.2, 0) is 13.6 Å². The summed E-state index contributed by atoms with van der Waals surface area (Å²) in [5, 5.41) is 2.64. The number of methoxy groups -OCH3 is 1. The van der Waals surface area contributed by atoms with Crippen LogP contribution in [0.5, 0.6) is 0 Å². The van der Waals surface area contributed by atoms with E-state index in [1.54, 1.807) is 0 Å². The molecule has 0 aromatic carbocycles. The minimum Gasteiger partial charge on any atom is -0.453 e. The summed E-state index contributed by atoms with van der Waals surface area (Å²) in [6.45, 7) is 7.93. The molecular formula is C10H23NO4Si. The van der Waals surface area contributed by atoms with Crippen LogP contribution >= 0.6 is 0 Å². The standard InChI is InChI=1S/C10H23NO4Si/c1-5-14-16(4,15-6-2)9-7-8-11-10(12)13-3/h5-9H2,1-4H3,(H,11,12). The van der Waals surface area contributed by atoms with Crippen LogP contribution in [0.4, 0.5) is 4.79 Å². The van der Waals surface area contributed by atoms with Crippen molar-refractivity contribution in [3.05, 3.63) is 0 Å². The first-order valence-corrected chi connectivity index (χ1v) is 8.20. The second-order valence-electron chi connectivity index (χ2n) is 3.52. The van der Waals surface area contributed by atoms with E-state index in [-0.39, 0.29) is 0 Å². The third-order valence-electron chi connectivity index (χ3n) is 2.16. The Morgan fingerprint density at radius 1 is 1.25 bits per heavy atom. The smallest absolute Gasteiger partial charge is 0.406 e. The molecule has 0 heterocycles. The van der Waals surface area contributed by atoms with E-state index in [1.165, 1.54) is 7.11 Å². The summed E-state index contributed by atoms with van der Waals surface area (Å²) >= 11 is 0. The van der Waals surface area contributed by atoms with Gasteiger partial charge in [-0.05, 0) is 32.9 Å². The van der Waals surface area contributed by atoms with E-state index in [1.807, 2.05) is 13.8 Å². The van der Waals surface area contributed by atoms with Crippen molar-refractivity contribution in [2.24, 2.45) is 0 Å². The summed E-state index contributed by atoms with van der Waals surface area (Å²) in [6, 6.07) is 0.874. The van der Waals surface area contributed by atoms with E-state index in [0.717, 1.165) is 12.5 Å². The molecular weight excluding hydrogens is 226 g/mol. The highest BCUT2D eigenvalue weighted by atomic mass is 28.4. The Hall–Kier alpha value is -0.593. The van der Waals surface area contributed by atoms with Gasteiger partial charge in [-0.25, -0.2) is 4.79 Å². The summed E-state index contributed by atoms with van der Waals surface area (Å²) < 4.78 is 15.8. The molecule has 96 valence electrons. The van der Waals surface area contributed by atoms with Gasteiger partial charge in [0, 0.05) is 19.8 Å². The normalized spacial score (nSPS) is 11.2. The lowest BCUT2D eigenvalue weighted by molar-refractivity contribution is 0.170. The first-order chi connectivity index (χ1) is 7.58. The minimum absolute atomic E-state index is 0.392. The van der Waals surface area contributed by atoms with Gasteiger partial charge in [0.15, 0.2) is 0 Å². The van der Waals surface area contributed by atoms with Gasteiger partial charge in [-0.15, -0.1) is 0 Å². The Morgan fingerprint density at radius 3 is 2.25 bits per heavy atom. The van der Waals surface area contributed by atoms with E-state index in [0.29, 0.717) is 19.8 Å². The van der Waals surface area contributed by atoms with E-state index in [9.17, 15) is 4.79 Å². The van der Waals surface area contributed by atoms with Gasteiger partial charge in [-0.2, -0.15) is 0 Å². The average Bonchev–Trinajstić information content (AvgIpc) is 2.25. The van der Waals surface area contributed by atoms with Crippen LogP contribution in [0.1, 0.15) is 20.3 Å². The molecule has 0 spiro atoms. The van der Waals surface area contributed by atoms with Crippen LogP contribution in [0.15, 0.2) is 0 Å². The first kappa shape index (κ1) is 15.4. The van der Waals surface area contributed by atoms with Crippen LogP contribution in [-0.4, -0.2) is 41.5 Å². The lowest BCUT2D eigenvalue weighted by Crippen LogP contribution is -2.39. The fourth-order valence-corrected chi connectivity index (χ4v) is 3.88. The van der Waals surface area contributed by atoms with E-state index < -0.39 is 14.7 Å². The molecule has 0 fully saturated rings. The average molecular weight is 249 g/mol. The summed E-state index contributed by atoms with van der Waals surface area (Å²) in [7, 11) is -0.668. The molecule has 0 saturated carbocycles. The number of ether oxygens (including phenoxy) is 1. The fourth-order valence-electron chi connectivity index (χ4n) is 1.47. The summed E-state index contributed by atoms with van der Waals surface area (Å²) in [4.78, 5) is 10.8. The van der Waals surface area contributed by atoms with Crippen LogP contribution in [0, 0.1) is 0 Å².